The number of carbonyl (C=O) groups is 1. The molecule has 1 N–H and O–H groups in total. The molecule has 0 atom stereocenters. The normalized spacial score (nSPS) is 10.8. The minimum absolute atomic E-state index is 0.0498. The molecule has 4 aromatic rings. The molecule has 1 amide bonds. The molecule has 6 nitrogen and oxygen atoms in total. The van der Waals surface area contributed by atoms with Crippen molar-refractivity contribution >= 4 is 16.9 Å². The van der Waals surface area contributed by atoms with Gasteiger partial charge in [-0.1, -0.05) is 36.4 Å². The highest BCUT2D eigenvalue weighted by Crippen LogP contribution is 2.31. The van der Waals surface area contributed by atoms with Gasteiger partial charge in [-0.3, -0.25) is 9.59 Å². The Hall–Kier alpha value is -3.80. The minimum Gasteiger partial charge on any atom is -0.476 e. The molecule has 0 saturated heterocycles. The van der Waals surface area contributed by atoms with Gasteiger partial charge in [0.05, 0.1) is 11.6 Å². The molecule has 0 bridgehead atoms. The maximum Gasteiger partial charge on any atom is 0.258 e. The Kier molecular flexibility index (Phi) is 5.16. The summed E-state index contributed by atoms with van der Waals surface area (Å²) < 4.78 is 16.9. The molecule has 2 aromatic carbocycles. The Labute approximate surface area is 166 Å². The van der Waals surface area contributed by atoms with Gasteiger partial charge in [-0.15, -0.1) is 0 Å². The fourth-order valence-corrected chi connectivity index (χ4v) is 2.97. The van der Waals surface area contributed by atoms with Gasteiger partial charge in [0.2, 0.25) is 16.9 Å². The van der Waals surface area contributed by atoms with Crippen molar-refractivity contribution < 1.29 is 18.4 Å². The van der Waals surface area contributed by atoms with Gasteiger partial charge in [-0.05, 0) is 42.3 Å². The molecule has 0 aliphatic heterocycles. The quantitative estimate of drug-likeness (QED) is 0.538. The third kappa shape index (κ3) is 4.06. The number of amides is 1. The van der Waals surface area contributed by atoms with Crippen LogP contribution in [0.15, 0.2) is 80.6 Å². The van der Waals surface area contributed by atoms with E-state index in [1.54, 1.807) is 24.3 Å². The molecule has 0 radical (unpaired) electrons. The third-order valence-corrected chi connectivity index (χ3v) is 4.43. The predicted molar refractivity (Wildman–Crippen MR) is 109 cm³/mol. The van der Waals surface area contributed by atoms with E-state index >= 15 is 0 Å². The van der Waals surface area contributed by atoms with E-state index in [1.807, 2.05) is 43.3 Å². The van der Waals surface area contributed by atoms with Gasteiger partial charge in [-0.2, -0.15) is 0 Å². The SMILES string of the molecule is Cc1ccc2c(=O)c(OCC(=O)NCc3ccccc3)c(-c3ccco3)oc2c1. The van der Waals surface area contributed by atoms with E-state index in [9.17, 15) is 9.59 Å². The average molecular weight is 389 g/mol. The highest BCUT2D eigenvalue weighted by Gasteiger charge is 2.20. The highest BCUT2D eigenvalue weighted by atomic mass is 16.5. The van der Waals surface area contributed by atoms with E-state index in [0.29, 0.717) is 23.3 Å². The van der Waals surface area contributed by atoms with Crippen LogP contribution in [0.2, 0.25) is 0 Å². The number of hydrogen-bond donors (Lipinski definition) is 1. The van der Waals surface area contributed by atoms with Gasteiger partial charge in [-0.25, -0.2) is 0 Å². The fraction of sp³-hybridized carbons (Fsp3) is 0.130. The molecular weight excluding hydrogens is 370 g/mol. The standard InChI is InChI=1S/C23H19NO5/c1-15-9-10-17-19(12-15)29-22(18-8-5-11-27-18)23(21(17)26)28-14-20(25)24-13-16-6-3-2-4-7-16/h2-12H,13-14H2,1H3,(H,24,25). The average Bonchev–Trinajstić information content (AvgIpc) is 3.26. The first-order valence-corrected chi connectivity index (χ1v) is 9.16. The van der Waals surface area contributed by atoms with E-state index < -0.39 is 0 Å². The van der Waals surface area contributed by atoms with Crippen LogP contribution in [0.3, 0.4) is 0 Å². The van der Waals surface area contributed by atoms with Crippen molar-refractivity contribution in [3.05, 3.63) is 88.3 Å². The zero-order valence-corrected chi connectivity index (χ0v) is 15.8. The summed E-state index contributed by atoms with van der Waals surface area (Å²) in [6.07, 6.45) is 1.48. The number of furan rings is 1. The number of benzene rings is 2. The fourth-order valence-electron chi connectivity index (χ4n) is 2.97. The minimum atomic E-state index is -0.353. The lowest BCUT2D eigenvalue weighted by Gasteiger charge is -2.11. The summed E-state index contributed by atoms with van der Waals surface area (Å²) >= 11 is 0. The predicted octanol–water partition coefficient (Wildman–Crippen LogP) is 4.06. The molecule has 4 rings (SSSR count). The van der Waals surface area contributed by atoms with Crippen LogP contribution in [0.5, 0.6) is 5.75 Å². The van der Waals surface area contributed by atoms with E-state index in [2.05, 4.69) is 5.32 Å². The van der Waals surface area contributed by atoms with Crippen LogP contribution >= 0.6 is 0 Å². The van der Waals surface area contributed by atoms with Crippen molar-refractivity contribution in [1.82, 2.24) is 5.32 Å². The lowest BCUT2D eigenvalue weighted by Crippen LogP contribution is -2.29. The van der Waals surface area contributed by atoms with Crippen LogP contribution in [0.1, 0.15) is 11.1 Å². The lowest BCUT2D eigenvalue weighted by atomic mass is 10.1. The van der Waals surface area contributed by atoms with Crippen LogP contribution < -0.4 is 15.5 Å². The summed E-state index contributed by atoms with van der Waals surface area (Å²) in [5.74, 6) is 0.118. The molecule has 0 aliphatic carbocycles. The molecule has 29 heavy (non-hydrogen) atoms. The van der Waals surface area contributed by atoms with Crippen molar-refractivity contribution in [3.8, 4) is 17.3 Å². The van der Waals surface area contributed by atoms with Crippen LogP contribution in [0.4, 0.5) is 0 Å². The molecule has 0 spiro atoms. The zero-order valence-electron chi connectivity index (χ0n) is 15.8. The second kappa shape index (κ2) is 8.06. The van der Waals surface area contributed by atoms with E-state index in [0.717, 1.165) is 11.1 Å². The number of rotatable bonds is 6. The maximum absolute atomic E-state index is 13.0. The van der Waals surface area contributed by atoms with Crippen LogP contribution in [0, 0.1) is 6.92 Å². The summed E-state index contributed by atoms with van der Waals surface area (Å²) in [5.41, 5.74) is 2.01. The third-order valence-electron chi connectivity index (χ3n) is 4.43. The van der Waals surface area contributed by atoms with Gasteiger partial charge in [0.25, 0.3) is 5.91 Å². The molecule has 0 unspecified atom stereocenters. The number of carbonyl (C=O) groups excluding carboxylic acids is 1. The molecule has 0 saturated carbocycles. The Morgan fingerprint density at radius 3 is 2.66 bits per heavy atom. The Balaban J connectivity index is 1.59. The summed E-state index contributed by atoms with van der Waals surface area (Å²) in [4.78, 5) is 25.2. The number of aryl methyl sites for hydroxylation is 1. The maximum atomic E-state index is 13.0. The van der Waals surface area contributed by atoms with Crippen LogP contribution in [-0.4, -0.2) is 12.5 Å². The molecule has 2 heterocycles. The first-order chi connectivity index (χ1) is 14.1. The summed E-state index contributed by atoms with van der Waals surface area (Å²) in [5, 5.41) is 3.15. The molecule has 0 fully saturated rings. The number of ether oxygens (including phenoxy) is 1. The second-order valence-electron chi connectivity index (χ2n) is 6.62. The van der Waals surface area contributed by atoms with Gasteiger partial charge in [0.15, 0.2) is 12.4 Å². The molecule has 0 aliphatic rings. The van der Waals surface area contributed by atoms with Crippen molar-refractivity contribution in [2.45, 2.75) is 13.5 Å². The van der Waals surface area contributed by atoms with Gasteiger partial charge in [0, 0.05) is 6.54 Å². The Bertz CT molecular complexity index is 1190. The molecule has 2 aromatic heterocycles. The Morgan fingerprint density at radius 2 is 1.90 bits per heavy atom. The first-order valence-electron chi connectivity index (χ1n) is 9.16. The van der Waals surface area contributed by atoms with E-state index in [4.69, 9.17) is 13.6 Å². The van der Waals surface area contributed by atoms with Crippen molar-refractivity contribution in [2.75, 3.05) is 6.61 Å². The summed E-state index contributed by atoms with van der Waals surface area (Å²) in [6.45, 7) is 1.97. The monoisotopic (exact) mass is 389 g/mol. The first kappa shape index (κ1) is 18.6. The van der Waals surface area contributed by atoms with E-state index in [1.165, 1.54) is 6.26 Å². The lowest BCUT2D eigenvalue weighted by molar-refractivity contribution is -0.123. The van der Waals surface area contributed by atoms with Crippen molar-refractivity contribution in [2.24, 2.45) is 0 Å². The molecular formula is C23H19NO5. The number of nitrogens with one attached hydrogen (secondary N) is 1. The van der Waals surface area contributed by atoms with Crippen molar-refractivity contribution in [3.63, 3.8) is 0 Å². The summed E-state index contributed by atoms with van der Waals surface area (Å²) in [6, 6.07) is 18.2. The number of hydrogen-bond acceptors (Lipinski definition) is 5. The van der Waals surface area contributed by atoms with Gasteiger partial charge < -0.3 is 18.9 Å². The van der Waals surface area contributed by atoms with E-state index in [-0.39, 0.29) is 29.5 Å². The Morgan fingerprint density at radius 1 is 1.07 bits per heavy atom. The topological polar surface area (TPSA) is 81.7 Å². The van der Waals surface area contributed by atoms with Crippen molar-refractivity contribution in [1.29, 1.82) is 0 Å². The number of fused-ring (bicyclic) bond motifs is 1. The largest absolute Gasteiger partial charge is 0.476 e. The van der Waals surface area contributed by atoms with Crippen LogP contribution in [0.25, 0.3) is 22.5 Å². The highest BCUT2D eigenvalue weighted by molar-refractivity contribution is 5.82. The van der Waals surface area contributed by atoms with Crippen LogP contribution in [-0.2, 0) is 11.3 Å². The smallest absolute Gasteiger partial charge is 0.258 e. The zero-order chi connectivity index (χ0) is 20.2. The summed E-state index contributed by atoms with van der Waals surface area (Å²) in [7, 11) is 0. The van der Waals surface area contributed by atoms with Gasteiger partial charge >= 0.3 is 0 Å². The van der Waals surface area contributed by atoms with Gasteiger partial charge in [0.1, 0.15) is 5.58 Å². The second-order valence-corrected chi connectivity index (χ2v) is 6.62. The molecule has 146 valence electrons. The molecule has 6 heteroatoms.